The van der Waals surface area contributed by atoms with E-state index >= 15 is 0 Å². The molecule has 1 aliphatic rings. The molecular formula is C12H20N4. The van der Waals surface area contributed by atoms with E-state index in [1.165, 1.54) is 25.7 Å². The van der Waals surface area contributed by atoms with Crippen LogP contribution in [-0.4, -0.2) is 29.3 Å². The Labute approximate surface area is 96.9 Å². The molecule has 0 unspecified atom stereocenters. The van der Waals surface area contributed by atoms with E-state index in [2.05, 4.69) is 15.1 Å². The molecule has 1 aliphatic carbocycles. The first-order valence-electron chi connectivity index (χ1n) is 6.16. The monoisotopic (exact) mass is 220 g/mol. The van der Waals surface area contributed by atoms with Gasteiger partial charge in [0.15, 0.2) is 5.82 Å². The van der Waals surface area contributed by atoms with Crippen LogP contribution in [0.3, 0.4) is 0 Å². The first kappa shape index (κ1) is 11.3. The van der Waals surface area contributed by atoms with E-state index in [0.717, 1.165) is 25.3 Å². The molecular weight excluding hydrogens is 200 g/mol. The fourth-order valence-corrected chi connectivity index (χ4v) is 2.41. The van der Waals surface area contributed by atoms with Crippen molar-refractivity contribution in [3.63, 3.8) is 0 Å². The van der Waals surface area contributed by atoms with E-state index in [4.69, 9.17) is 5.73 Å². The molecule has 2 N–H and O–H groups in total. The maximum Gasteiger partial charge on any atom is 0.151 e. The molecule has 1 heterocycles. The maximum atomic E-state index is 5.59. The fraction of sp³-hybridized carbons (Fsp3) is 0.667. The van der Waals surface area contributed by atoms with Crippen molar-refractivity contribution >= 4 is 5.82 Å². The van der Waals surface area contributed by atoms with Crippen LogP contribution in [0.4, 0.5) is 5.82 Å². The highest BCUT2D eigenvalue weighted by Crippen LogP contribution is 2.26. The number of anilines is 1. The van der Waals surface area contributed by atoms with Gasteiger partial charge in [0.25, 0.3) is 0 Å². The molecule has 1 fully saturated rings. The van der Waals surface area contributed by atoms with Crippen molar-refractivity contribution < 1.29 is 0 Å². The Kier molecular flexibility index (Phi) is 4.10. The van der Waals surface area contributed by atoms with E-state index in [1.807, 2.05) is 12.1 Å². The third-order valence-corrected chi connectivity index (χ3v) is 3.22. The van der Waals surface area contributed by atoms with E-state index < -0.39 is 0 Å². The number of nitrogens with zero attached hydrogens (tertiary/aromatic N) is 3. The van der Waals surface area contributed by atoms with Crippen molar-refractivity contribution in [2.24, 2.45) is 5.73 Å². The van der Waals surface area contributed by atoms with Crippen LogP contribution in [0.5, 0.6) is 0 Å². The van der Waals surface area contributed by atoms with Crippen molar-refractivity contribution in [2.75, 3.05) is 18.0 Å². The van der Waals surface area contributed by atoms with Crippen molar-refractivity contribution in [3.05, 3.63) is 18.3 Å². The summed E-state index contributed by atoms with van der Waals surface area (Å²) in [7, 11) is 0. The lowest BCUT2D eigenvalue weighted by molar-refractivity contribution is 0.584. The van der Waals surface area contributed by atoms with Crippen LogP contribution in [0.25, 0.3) is 0 Å². The summed E-state index contributed by atoms with van der Waals surface area (Å²) in [6.45, 7) is 1.74. The summed E-state index contributed by atoms with van der Waals surface area (Å²) in [4.78, 5) is 2.38. The molecule has 0 saturated heterocycles. The second kappa shape index (κ2) is 5.80. The molecule has 0 radical (unpaired) electrons. The SMILES string of the molecule is NCCCN(c1cccnn1)C1CCCC1. The van der Waals surface area contributed by atoms with Gasteiger partial charge in [-0.25, -0.2) is 0 Å². The van der Waals surface area contributed by atoms with Gasteiger partial charge in [-0.05, 0) is 37.9 Å². The Balaban J connectivity index is 2.07. The molecule has 88 valence electrons. The van der Waals surface area contributed by atoms with Crippen LogP contribution in [0, 0.1) is 0 Å². The van der Waals surface area contributed by atoms with Crippen LogP contribution < -0.4 is 10.6 Å². The number of rotatable bonds is 5. The second-order valence-corrected chi connectivity index (χ2v) is 4.36. The zero-order valence-electron chi connectivity index (χ0n) is 9.68. The highest BCUT2D eigenvalue weighted by Gasteiger charge is 2.23. The molecule has 16 heavy (non-hydrogen) atoms. The summed E-state index contributed by atoms with van der Waals surface area (Å²) in [5, 5.41) is 8.17. The van der Waals surface area contributed by atoms with Gasteiger partial charge in [0.2, 0.25) is 0 Å². The second-order valence-electron chi connectivity index (χ2n) is 4.36. The van der Waals surface area contributed by atoms with Gasteiger partial charge in [-0.2, -0.15) is 5.10 Å². The molecule has 0 atom stereocenters. The topological polar surface area (TPSA) is 55.0 Å². The van der Waals surface area contributed by atoms with Gasteiger partial charge in [-0.15, -0.1) is 5.10 Å². The third-order valence-electron chi connectivity index (χ3n) is 3.22. The minimum atomic E-state index is 0.642. The van der Waals surface area contributed by atoms with Crippen LogP contribution in [0.15, 0.2) is 18.3 Å². The molecule has 0 amide bonds. The predicted molar refractivity (Wildman–Crippen MR) is 65.3 cm³/mol. The smallest absolute Gasteiger partial charge is 0.151 e. The van der Waals surface area contributed by atoms with Gasteiger partial charge in [0.05, 0.1) is 0 Å². The standard InChI is InChI=1S/C12H20N4/c13-8-4-10-16(11-5-1-2-6-11)12-7-3-9-14-15-12/h3,7,9,11H,1-2,4-6,8,10,13H2. The largest absolute Gasteiger partial charge is 0.352 e. The molecule has 1 saturated carbocycles. The van der Waals surface area contributed by atoms with Gasteiger partial charge < -0.3 is 10.6 Å². The summed E-state index contributed by atoms with van der Waals surface area (Å²) in [5.41, 5.74) is 5.59. The van der Waals surface area contributed by atoms with Crippen molar-refractivity contribution in [1.82, 2.24) is 10.2 Å². The summed E-state index contributed by atoms with van der Waals surface area (Å²) in [6.07, 6.45) is 7.97. The van der Waals surface area contributed by atoms with Crippen molar-refractivity contribution in [1.29, 1.82) is 0 Å². The quantitative estimate of drug-likeness (QED) is 0.818. The predicted octanol–water partition coefficient (Wildman–Crippen LogP) is 1.57. The first-order chi connectivity index (χ1) is 7.92. The number of hydrogen-bond acceptors (Lipinski definition) is 4. The molecule has 0 aliphatic heterocycles. The molecule has 0 bridgehead atoms. The molecule has 1 aromatic rings. The van der Waals surface area contributed by atoms with E-state index in [0.29, 0.717) is 6.04 Å². The number of hydrogen-bond donors (Lipinski definition) is 1. The first-order valence-corrected chi connectivity index (χ1v) is 6.16. The van der Waals surface area contributed by atoms with Crippen molar-refractivity contribution in [2.45, 2.75) is 38.1 Å². The van der Waals surface area contributed by atoms with Crippen molar-refractivity contribution in [3.8, 4) is 0 Å². The minimum Gasteiger partial charge on any atom is -0.352 e. The highest BCUT2D eigenvalue weighted by atomic mass is 15.3. The summed E-state index contributed by atoms with van der Waals surface area (Å²) < 4.78 is 0. The Morgan fingerprint density at radius 3 is 2.81 bits per heavy atom. The maximum absolute atomic E-state index is 5.59. The molecule has 4 heteroatoms. The fourth-order valence-electron chi connectivity index (χ4n) is 2.41. The molecule has 0 aromatic carbocycles. The van der Waals surface area contributed by atoms with Gasteiger partial charge in [-0.1, -0.05) is 12.8 Å². The summed E-state index contributed by atoms with van der Waals surface area (Å²) in [5.74, 6) is 1.00. The zero-order valence-corrected chi connectivity index (χ0v) is 9.68. The minimum absolute atomic E-state index is 0.642. The highest BCUT2D eigenvalue weighted by molar-refractivity contribution is 5.38. The summed E-state index contributed by atoms with van der Waals surface area (Å²) >= 11 is 0. The van der Waals surface area contributed by atoms with Crippen LogP contribution >= 0.6 is 0 Å². The normalized spacial score (nSPS) is 16.6. The number of aromatic nitrogens is 2. The molecule has 2 rings (SSSR count). The lowest BCUT2D eigenvalue weighted by atomic mass is 10.2. The lowest BCUT2D eigenvalue weighted by Gasteiger charge is -2.29. The lowest BCUT2D eigenvalue weighted by Crippen LogP contribution is -2.35. The summed E-state index contributed by atoms with van der Waals surface area (Å²) in [6, 6.07) is 4.64. The third kappa shape index (κ3) is 2.70. The average Bonchev–Trinajstić information content (AvgIpc) is 2.85. The molecule has 1 aromatic heterocycles. The van der Waals surface area contributed by atoms with Gasteiger partial charge >= 0.3 is 0 Å². The van der Waals surface area contributed by atoms with Gasteiger partial charge in [-0.3, -0.25) is 0 Å². The van der Waals surface area contributed by atoms with Crippen LogP contribution in [0.1, 0.15) is 32.1 Å². The Hall–Kier alpha value is -1.16. The number of nitrogens with two attached hydrogens (primary N) is 1. The molecule has 4 nitrogen and oxygen atoms in total. The van der Waals surface area contributed by atoms with Crippen LogP contribution in [-0.2, 0) is 0 Å². The van der Waals surface area contributed by atoms with Crippen LogP contribution in [0.2, 0.25) is 0 Å². The Bertz CT molecular complexity index is 295. The van der Waals surface area contributed by atoms with Gasteiger partial charge in [0, 0.05) is 18.8 Å². The zero-order chi connectivity index (χ0) is 11.2. The van der Waals surface area contributed by atoms with E-state index in [1.54, 1.807) is 6.20 Å². The Morgan fingerprint density at radius 1 is 1.38 bits per heavy atom. The van der Waals surface area contributed by atoms with Gasteiger partial charge in [0.1, 0.15) is 0 Å². The average molecular weight is 220 g/mol. The molecule has 0 spiro atoms. The Morgan fingerprint density at radius 2 is 2.19 bits per heavy atom. The van der Waals surface area contributed by atoms with E-state index in [9.17, 15) is 0 Å². The van der Waals surface area contributed by atoms with E-state index in [-0.39, 0.29) is 0 Å².